The fourth-order valence-corrected chi connectivity index (χ4v) is 1.35. The predicted octanol–water partition coefficient (Wildman–Crippen LogP) is 0.220. The fraction of sp³-hybridized carbons (Fsp3) is 0.900. The van der Waals surface area contributed by atoms with Crippen LogP contribution in [0.5, 0.6) is 0 Å². The Morgan fingerprint density at radius 2 is 2.29 bits per heavy atom. The lowest BCUT2D eigenvalue weighted by molar-refractivity contribution is -0.136. The molecule has 1 amide bonds. The second-order valence-electron chi connectivity index (χ2n) is 3.72. The summed E-state index contributed by atoms with van der Waals surface area (Å²) >= 11 is 0. The van der Waals surface area contributed by atoms with Gasteiger partial charge in [0.05, 0.1) is 6.61 Å². The van der Waals surface area contributed by atoms with Gasteiger partial charge in [-0.25, -0.2) is 0 Å². The van der Waals surface area contributed by atoms with Crippen LogP contribution in [0.1, 0.15) is 19.8 Å². The summed E-state index contributed by atoms with van der Waals surface area (Å²) in [6, 6.07) is 0. The lowest BCUT2D eigenvalue weighted by Gasteiger charge is -2.20. The normalized spacial score (nSPS) is 15.6. The highest BCUT2D eigenvalue weighted by Gasteiger charge is 2.25. The van der Waals surface area contributed by atoms with Crippen LogP contribution in [0, 0.1) is 5.92 Å². The molecule has 1 fully saturated rings. The molecule has 1 aliphatic carbocycles. The number of amides is 1. The summed E-state index contributed by atoms with van der Waals surface area (Å²) in [4.78, 5) is 13.4. The first-order chi connectivity index (χ1) is 6.77. The number of nitrogens with two attached hydrogens (primary N) is 1. The van der Waals surface area contributed by atoms with Crippen molar-refractivity contribution in [2.24, 2.45) is 11.7 Å². The summed E-state index contributed by atoms with van der Waals surface area (Å²) in [6.45, 7) is 4.80. The number of carbonyl (C=O) groups is 1. The molecule has 1 rings (SSSR count). The largest absolute Gasteiger partial charge is 0.370 e. The van der Waals surface area contributed by atoms with E-state index in [0.29, 0.717) is 13.2 Å². The van der Waals surface area contributed by atoms with Crippen LogP contribution in [-0.2, 0) is 9.53 Å². The number of rotatable bonds is 7. The summed E-state index contributed by atoms with van der Waals surface area (Å²) in [5.41, 5.74) is 5.26. The average Bonchev–Trinajstić information content (AvgIpc) is 2.98. The first kappa shape index (κ1) is 11.5. The van der Waals surface area contributed by atoms with Crippen molar-refractivity contribution in [3.05, 3.63) is 0 Å². The minimum atomic E-state index is 0.0906. The van der Waals surface area contributed by atoms with E-state index in [0.717, 1.165) is 19.0 Å². The fourth-order valence-electron chi connectivity index (χ4n) is 1.35. The first-order valence-electron chi connectivity index (χ1n) is 5.33. The SMILES string of the molecule is CCN(CC1CC1)C(=O)COCCN. The molecule has 0 aromatic heterocycles. The first-order valence-corrected chi connectivity index (χ1v) is 5.33. The topological polar surface area (TPSA) is 55.6 Å². The van der Waals surface area contributed by atoms with Crippen LogP contribution < -0.4 is 5.73 Å². The molecule has 14 heavy (non-hydrogen) atoms. The standard InChI is InChI=1S/C10H20N2O2/c1-2-12(7-9-3-4-9)10(13)8-14-6-5-11/h9H,2-8,11H2,1H3. The number of carbonyl (C=O) groups excluding carboxylic acids is 1. The van der Waals surface area contributed by atoms with E-state index in [1.807, 2.05) is 11.8 Å². The molecule has 0 spiro atoms. The third-order valence-electron chi connectivity index (χ3n) is 2.40. The van der Waals surface area contributed by atoms with Crippen molar-refractivity contribution in [1.29, 1.82) is 0 Å². The second-order valence-corrected chi connectivity index (χ2v) is 3.72. The zero-order chi connectivity index (χ0) is 10.4. The molecule has 0 aliphatic heterocycles. The molecule has 4 heteroatoms. The van der Waals surface area contributed by atoms with Crippen LogP contribution in [0.2, 0.25) is 0 Å². The van der Waals surface area contributed by atoms with Gasteiger partial charge in [-0.05, 0) is 25.7 Å². The Morgan fingerprint density at radius 1 is 1.57 bits per heavy atom. The van der Waals surface area contributed by atoms with Gasteiger partial charge in [0, 0.05) is 19.6 Å². The highest BCUT2D eigenvalue weighted by atomic mass is 16.5. The number of hydrogen-bond acceptors (Lipinski definition) is 3. The molecule has 0 aromatic carbocycles. The summed E-state index contributed by atoms with van der Waals surface area (Å²) in [5.74, 6) is 0.834. The molecule has 0 heterocycles. The van der Waals surface area contributed by atoms with Crippen LogP contribution >= 0.6 is 0 Å². The Hall–Kier alpha value is -0.610. The molecular weight excluding hydrogens is 180 g/mol. The summed E-state index contributed by atoms with van der Waals surface area (Å²) < 4.78 is 5.11. The third-order valence-corrected chi connectivity index (χ3v) is 2.40. The minimum absolute atomic E-state index is 0.0906. The number of nitrogens with zero attached hydrogens (tertiary/aromatic N) is 1. The van der Waals surface area contributed by atoms with Gasteiger partial charge < -0.3 is 15.4 Å². The maximum absolute atomic E-state index is 11.6. The summed E-state index contributed by atoms with van der Waals surface area (Å²) in [5, 5.41) is 0. The van der Waals surface area contributed by atoms with Gasteiger partial charge in [0.1, 0.15) is 6.61 Å². The van der Waals surface area contributed by atoms with Crippen LogP contribution in [0.25, 0.3) is 0 Å². The van der Waals surface area contributed by atoms with E-state index >= 15 is 0 Å². The van der Waals surface area contributed by atoms with Gasteiger partial charge in [0.25, 0.3) is 0 Å². The molecular formula is C10H20N2O2. The molecule has 1 aliphatic rings. The number of likely N-dealkylation sites (N-methyl/N-ethyl adjacent to an activating group) is 1. The van der Waals surface area contributed by atoms with Crippen LogP contribution in [-0.4, -0.2) is 43.7 Å². The molecule has 0 atom stereocenters. The van der Waals surface area contributed by atoms with E-state index in [1.54, 1.807) is 0 Å². The maximum Gasteiger partial charge on any atom is 0.248 e. The Balaban J connectivity index is 2.16. The average molecular weight is 200 g/mol. The van der Waals surface area contributed by atoms with E-state index in [1.165, 1.54) is 12.8 Å². The summed E-state index contributed by atoms with van der Waals surface area (Å²) in [7, 11) is 0. The van der Waals surface area contributed by atoms with Gasteiger partial charge in [0.15, 0.2) is 0 Å². The van der Waals surface area contributed by atoms with Gasteiger partial charge in [-0.1, -0.05) is 0 Å². The van der Waals surface area contributed by atoms with Crippen molar-refractivity contribution in [3.8, 4) is 0 Å². The van der Waals surface area contributed by atoms with Crippen molar-refractivity contribution in [2.75, 3.05) is 32.8 Å². The number of ether oxygens (including phenoxy) is 1. The maximum atomic E-state index is 11.6. The number of hydrogen-bond donors (Lipinski definition) is 1. The van der Waals surface area contributed by atoms with Crippen molar-refractivity contribution in [3.63, 3.8) is 0 Å². The second kappa shape index (κ2) is 5.98. The van der Waals surface area contributed by atoms with Gasteiger partial charge in [-0.3, -0.25) is 4.79 Å². The molecule has 2 N–H and O–H groups in total. The molecule has 0 bridgehead atoms. The van der Waals surface area contributed by atoms with E-state index in [4.69, 9.17) is 10.5 Å². The minimum Gasteiger partial charge on any atom is -0.370 e. The van der Waals surface area contributed by atoms with E-state index in [-0.39, 0.29) is 12.5 Å². The Labute approximate surface area is 85.4 Å². The van der Waals surface area contributed by atoms with Crippen molar-refractivity contribution < 1.29 is 9.53 Å². The van der Waals surface area contributed by atoms with Crippen LogP contribution in [0.4, 0.5) is 0 Å². The van der Waals surface area contributed by atoms with Crippen molar-refractivity contribution in [1.82, 2.24) is 4.90 Å². The highest BCUT2D eigenvalue weighted by molar-refractivity contribution is 5.77. The highest BCUT2D eigenvalue weighted by Crippen LogP contribution is 2.29. The van der Waals surface area contributed by atoms with Gasteiger partial charge in [0.2, 0.25) is 5.91 Å². The van der Waals surface area contributed by atoms with E-state index in [2.05, 4.69) is 0 Å². The molecule has 0 unspecified atom stereocenters. The molecule has 4 nitrogen and oxygen atoms in total. The molecule has 0 saturated heterocycles. The zero-order valence-corrected chi connectivity index (χ0v) is 8.87. The molecule has 82 valence electrons. The quantitative estimate of drug-likeness (QED) is 0.598. The van der Waals surface area contributed by atoms with E-state index < -0.39 is 0 Å². The van der Waals surface area contributed by atoms with Crippen molar-refractivity contribution >= 4 is 5.91 Å². The predicted molar refractivity (Wildman–Crippen MR) is 54.9 cm³/mol. The van der Waals surface area contributed by atoms with Crippen LogP contribution in [0.3, 0.4) is 0 Å². The third kappa shape index (κ3) is 4.07. The van der Waals surface area contributed by atoms with Gasteiger partial charge >= 0.3 is 0 Å². The van der Waals surface area contributed by atoms with Gasteiger partial charge in [-0.2, -0.15) is 0 Å². The lowest BCUT2D eigenvalue weighted by Crippen LogP contribution is -2.35. The zero-order valence-electron chi connectivity index (χ0n) is 8.87. The monoisotopic (exact) mass is 200 g/mol. The summed E-state index contributed by atoms with van der Waals surface area (Å²) in [6.07, 6.45) is 2.54. The van der Waals surface area contributed by atoms with Crippen molar-refractivity contribution in [2.45, 2.75) is 19.8 Å². The van der Waals surface area contributed by atoms with Crippen LogP contribution in [0.15, 0.2) is 0 Å². The molecule has 0 aromatic rings. The Kier molecular flexibility index (Phi) is 4.90. The Morgan fingerprint density at radius 3 is 2.79 bits per heavy atom. The molecule has 1 saturated carbocycles. The smallest absolute Gasteiger partial charge is 0.248 e. The van der Waals surface area contributed by atoms with E-state index in [9.17, 15) is 4.79 Å². The molecule has 0 radical (unpaired) electrons. The lowest BCUT2D eigenvalue weighted by atomic mass is 10.3. The Bertz CT molecular complexity index is 181. The van der Waals surface area contributed by atoms with Gasteiger partial charge in [-0.15, -0.1) is 0 Å².